The summed E-state index contributed by atoms with van der Waals surface area (Å²) in [6.07, 6.45) is 7.72. The van der Waals surface area contributed by atoms with E-state index in [9.17, 15) is 0 Å². The van der Waals surface area contributed by atoms with Gasteiger partial charge in [0.2, 0.25) is 0 Å². The van der Waals surface area contributed by atoms with E-state index in [-0.39, 0.29) is 6.04 Å². The average molecular weight is 269 g/mol. The van der Waals surface area contributed by atoms with Gasteiger partial charge in [0.05, 0.1) is 0 Å². The van der Waals surface area contributed by atoms with Gasteiger partial charge < -0.3 is 11.1 Å². The molecular weight excluding hydrogens is 246 g/mol. The summed E-state index contributed by atoms with van der Waals surface area (Å²) in [6.45, 7) is 2.94. The molecule has 3 unspecified atom stereocenters. The van der Waals surface area contributed by atoms with Crippen LogP contribution in [0.3, 0.4) is 0 Å². The van der Waals surface area contributed by atoms with E-state index in [1.54, 1.807) is 0 Å². The Labute approximate surface area is 120 Å². The van der Waals surface area contributed by atoms with Gasteiger partial charge in [-0.05, 0) is 36.1 Å². The van der Waals surface area contributed by atoms with E-state index in [1.807, 2.05) is 12.4 Å². The number of hydrogen-bond donors (Lipinski definition) is 2. The fourth-order valence-electron chi connectivity index (χ4n) is 3.35. The van der Waals surface area contributed by atoms with Crippen LogP contribution in [-0.2, 0) is 0 Å². The van der Waals surface area contributed by atoms with Crippen molar-refractivity contribution >= 4 is 10.8 Å². The monoisotopic (exact) mass is 269 g/mol. The quantitative estimate of drug-likeness (QED) is 0.897. The van der Waals surface area contributed by atoms with Crippen molar-refractivity contribution in [1.29, 1.82) is 0 Å². The molecule has 1 aliphatic carbocycles. The number of hydrogen-bond acceptors (Lipinski definition) is 3. The van der Waals surface area contributed by atoms with Gasteiger partial charge >= 0.3 is 0 Å². The first kappa shape index (κ1) is 13.5. The van der Waals surface area contributed by atoms with E-state index in [0.717, 1.165) is 5.92 Å². The van der Waals surface area contributed by atoms with E-state index in [4.69, 9.17) is 5.73 Å². The number of benzene rings is 1. The Balaban J connectivity index is 1.87. The van der Waals surface area contributed by atoms with Gasteiger partial charge in [0, 0.05) is 36.4 Å². The molecule has 3 nitrogen and oxygen atoms in total. The van der Waals surface area contributed by atoms with Crippen LogP contribution in [-0.4, -0.2) is 17.6 Å². The molecule has 0 aliphatic heterocycles. The summed E-state index contributed by atoms with van der Waals surface area (Å²) in [6, 6.07) is 9.20. The molecule has 1 aliphatic rings. The van der Waals surface area contributed by atoms with Crippen LogP contribution < -0.4 is 11.1 Å². The zero-order valence-electron chi connectivity index (χ0n) is 12.0. The molecule has 1 aromatic carbocycles. The first-order chi connectivity index (χ1) is 9.78. The van der Waals surface area contributed by atoms with Crippen LogP contribution in [0.15, 0.2) is 36.7 Å². The SMILES string of the molecule is CC1CCC(NC(CN)c2cncc3ccccc23)C1. The first-order valence-electron chi connectivity index (χ1n) is 7.56. The van der Waals surface area contributed by atoms with Crippen LogP contribution in [0.2, 0.25) is 0 Å². The summed E-state index contributed by atoms with van der Waals surface area (Å²) in [7, 11) is 0. The maximum atomic E-state index is 6.02. The smallest absolute Gasteiger partial charge is 0.0468 e. The van der Waals surface area contributed by atoms with Gasteiger partial charge in [-0.2, -0.15) is 0 Å². The summed E-state index contributed by atoms with van der Waals surface area (Å²) >= 11 is 0. The maximum absolute atomic E-state index is 6.02. The zero-order valence-corrected chi connectivity index (χ0v) is 12.0. The molecule has 1 aromatic heterocycles. The molecule has 2 aromatic rings. The molecule has 0 radical (unpaired) electrons. The molecule has 0 bridgehead atoms. The minimum atomic E-state index is 0.198. The molecule has 3 rings (SSSR count). The molecule has 0 spiro atoms. The highest BCUT2D eigenvalue weighted by Gasteiger charge is 2.24. The third-order valence-corrected chi connectivity index (χ3v) is 4.44. The van der Waals surface area contributed by atoms with Crippen molar-refractivity contribution in [2.24, 2.45) is 11.7 Å². The lowest BCUT2D eigenvalue weighted by atomic mass is 10.0. The minimum Gasteiger partial charge on any atom is -0.329 e. The van der Waals surface area contributed by atoms with Crippen LogP contribution in [0, 0.1) is 5.92 Å². The van der Waals surface area contributed by atoms with Crippen LogP contribution in [0.4, 0.5) is 0 Å². The molecule has 1 fully saturated rings. The number of rotatable bonds is 4. The summed E-state index contributed by atoms with van der Waals surface area (Å²) in [4.78, 5) is 4.38. The van der Waals surface area contributed by atoms with Gasteiger partial charge in [-0.25, -0.2) is 0 Å². The average Bonchev–Trinajstić information content (AvgIpc) is 2.89. The van der Waals surface area contributed by atoms with Gasteiger partial charge in [0.25, 0.3) is 0 Å². The molecule has 3 atom stereocenters. The number of nitrogens with zero attached hydrogens (tertiary/aromatic N) is 1. The fraction of sp³-hybridized carbons (Fsp3) is 0.471. The Hall–Kier alpha value is -1.45. The molecule has 0 saturated heterocycles. The van der Waals surface area contributed by atoms with Crippen LogP contribution in [0.5, 0.6) is 0 Å². The van der Waals surface area contributed by atoms with Crippen molar-refractivity contribution in [2.45, 2.75) is 38.3 Å². The Morgan fingerprint density at radius 3 is 2.90 bits per heavy atom. The molecule has 20 heavy (non-hydrogen) atoms. The Kier molecular flexibility index (Phi) is 3.99. The Bertz CT molecular complexity index is 576. The standard InChI is InChI=1S/C17H23N3/c1-12-6-7-14(8-12)20-17(9-18)16-11-19-10-13-4-2-3-5-15(13)16/h2-5,10-12,14,17,20H,6-9,18H2,1H3. The highest BCUT2D eigenvalue weighted by Crippen LogP contribution is 2.28. The Morgan fingerprint density at radius 1 is 1.30 bits per heavy atom. The largest absolute Gasteiger partial charge is 0.329 e. The van der Waals surface area contributed by atoms with Gasteiger partial charge in [-0.15, -0.1) is 0 Å². The highest BCUT2D eigenvalue weighted by molar-refractivity contribution is 5.85. The molecule has 1 saturated carbocycles. The number of nitrogens with two attached hydrogens (primary N) is 1. The highest BCUT2D eigenvalue weighted by atomic mass is 15.0. The topological polar surface area (TPSA) is 50.9 Å². The summed E-state index contributed by atoms with van der Waals surface area (Å²) < 4.78 is 0. The fourth-order valence-corrected chi connectivity index (χ4v) is 3.35. The van der Waals surface area contributed by atoms with E-state index in [2.05, 4.69) is 41.5 Å². The summed E-state index contributed by atoms with van der Waals surface area (Å²) in [5.41, 5.74) is 7.25. The maximum Gasteiger partial charge on any atom is 0.0468 e. The van der Waals surface area contributed by atoms with Gasteiger partial charge in [-0.3, -0.25) is 4.98 Å². The first-order valence-corrected chi connectivity index (χ1v) is 7.56. The molecule has 3 heteroatoms. The minimum absolute atomic E-state index is 0.198. The number of pyridine rings is 1. The summed E-state index contributed by atoms with van der Waals surface area (Å²) in [5, 5.41) is 6.19. The predicted octanol–water partition coefficient (Wildman–Crippen LogP) is 3.01. The van der Waals surface area contributed by atoms with Crippen LogP contribution >= 0.6 is 0 Å². The van der Waals surface area contributed by atoms with Crippen molar-refractivity contribution in [3.8, 4) is 0 Å². The van der Waals surface area contributed by atoms with E-state index >= 15 is 0 Å². The second-order valence-electron chi connectivity index (χ2n) is 6.02. The lowest BCUT2D eigenvalue weighted by molar-refractivity contribution is 0.435. The normalized spacial score (nSPS) is 24.1. The van der Waals surface area contributed by atoms with Crippen molar-refractivity contribution < 1.29 is 0 Å². The molecule has 1 heterocycles. The molecule has 3 N–H and O–H groups in total. The number of nitrogens with one attached hydrogen (secondary N) is 1. The second kappa shape index (κ2) is 5.90. The van der Waals surface area contributed by atoms with Crippen LogP contribution in [0.1, 0.15) is 37.8 Å². The van der Waals surface area contributed by atoms with Crippen molar-refractivity contribution in [1.82, 2.24) is 10.3 Å². The lowest BCUT2D eigenvalue weighted by Gasteiger charge is -2.23. The van der Waals surface area contributed by atoms with Gasteiger partial charge in [-0.1, -0.05) is 31.2 Å². The number of aromatic nitrogens is 1. The van der Waals surface area contributed by atoms with Crippen molar-refractivity contribution in [3.05, 3.63) is 42.2 Å². The van der Waals surface area contributed by atoms with E-state index < -0.39 is 0 Å². The predicted molar refractivity (Wildman–Crippen MR) is 83.5 cm³/mol. The molecule has 106 valence electrons. The van der Waals surface area contributed by atoms with Gasteiger partial charge in [0.1, 0.15) is 0 Å². The number of fused-ring (bicyclic) bond motifs is 1. The van der Waals surface area contributed by atoms with Crippen molar-refractivity contribution in [2.75, 3.05) is 6.54 Å². The van der Waals surface area contributed by atoms with Gasteiger partial charge in [0.15, 0.2) is 0 Å². The third-order valence-electron chi connectivity index (χ3n) is 4.44. The lowest BCUT2D eigenvalue weighted by Crippen LogP contribution is -2.35. The Morgan fingerprint density at radius 2 is 2.15 bits per heavy atom. The third kappa shape index (κ3) is 2.69. The van der Waals surface area contributed by atoms with E-state index in [1.165, 1.54) is 35.6 Å². The molecular formula is C17H23N3. The summed E-state index contributed by atoms with van der Waals surface area (Å²) in [5.74, 6) is 0.830. The second-order valence-corrected chi connectivity index (χ2v) is 6.02. The van der Waals surface area contributed by atoms with E-state index in [0.29, 0.717) is 12.6 Å². The zero-order chi connectivity index (χ0) is 13.9. The van der Waals surface area contributed by atoms with Crippen LogP contribution in [0.25, 0.3) is 10.8 Å². The molecule has 0 amide bonds. The van der Waals surface area contributed by atoms with Crippen molar-refractivity contribution in [3.63, 3.8) is 0 Å².